The molecule has 1 aliphatic rings. The van der Waals surface area contributed by atoms with Crippen LogP contribution in [0.25, 0.3) is 0 Å². The van der Waals surface area contributed by atoms with E-state index >= 15 is 0 Å². The number of piperidine rings is 1. The largest absolute Gasteiger partial charge is 0.465 e. The van der Waals surface area contributed by atoms with E-state index in [-0.39, 0.29) is 12.0 Å². The van der Waals surface area contributed by atoms with Crippen molar-refractivity contribution in [2.75, 3.05) is 13.2 Å². The molecule has 1 fully saturated rings. The second-order valence-corrected chi connectivity index (χ2v) is 5.05. The summed E-state index contributed by atoms with van der Waals surface area (Å²) in [5, 5.41) is 0. The maximum atomic E-state index is 12.0. The molecule has 0 radical (unpaired) electrons. The van der Waals surface area contributed by atoms with Crippen molar-refractivity contribution in [3.8, 4) is 0 Å². The molecule has 2 N–H and O–H groups in total. The third-order valence-electron chi connectivity index (χ3n) is 3.72. The van der Waals surface area contributed by atoms with Crippen LogP contribution in [0, 0.1) is 0 Å². The topological polar surface area (TPSA) is 68.5 Å². The second kappa shape index (κ2) is 7.36. The van der Waals surface area contributed by atoms with E-state index in [4.69, 9.17) is 10.5 Å². The summed E-state index contributed by atoms with van der Waals surface area (Å²) in [4.78, 5) is 18.5. The van der Waals surface area contributed by atoms with Crippen LogP contribution >= 0.6 is 0 Å². The van der Waals surface area contributed by atoms with Gasteiger partial charge in [-0.25, -0.2) is 0 Å². The number of hydrogen-bond acceptors (Lipinski definition) is 5. The van der Waals surface area contributed by atoms with Gasteiger partial charge in [-0.1, -0.05) is 12.5 Å². The molecule has 1 saturated heterocycles. The van der Waals surface area contributed by atoms with Crippen LogP contribution in [0.5, 0.6) is 0 Å². The first kappa shape index (κ1) is 14.9. The highest BCUT2D eigenvalue weighted by Gasteiger charge is 2.30. The average Bonchev–Trinajstić information content (AvgIpc) is 2.48. The highest BCUT2D eigenvalue weighted by Crippen LogP contribution is 2.21. The molecule has 1 aromatic rings. The molecular formula is C15H23N3O2. The fourth-order valence-electron chi connectivity index (χ4n) is 2.70. The summed E-state index contributed by atoms with van der Waals surface area (Å²) in [5.41, 5.74) is 7.73. The number of rotatable bonds is 5. The highest BCUT2D eigenvalue weighted by molar-refractivity contribution is 5.75. The van der Waals surface area contributed by atoms with E-state index in [0.717, 1.165) is 37.1 Å². The van der Waals surface area contributed by atoms with Gasteiger partial charge in [0.05, 0.1) is 12.3 Å². The normalized spacial score (nSPS) is 19.8. The lowest BCUT2D eigenvalue weighted by Crippen LogP contribution is -2.45. The molecule has 0 aliphatic carbocycles. The predicted molar refractivity (Wildman–Crippen MR) is 76.8 cm³/mol. The number of esters is 1. The minimum Gasteiger partial charge on any atom is -0.465 e. The Hall–Kier alpha value is -1.46. The lowest BCUT2D eigenvalue weighted by molar-refractivity contribution is -0.151. The van der Waals surface area contributed by atoms with Gasteiger partial charge in [0, 0.05) is 19.3 Å². The number of ether oxygens (including phenoxy) is 1. The maximum Gasteiger partial charge on any atom is 0.323 e. The van der Waals surface area contributed by atoms with Crippen LogP contribution in [0.3, 0.4) is 0 Å². The Morgan fingerprint density at radius 3 is 3.15 bits per heavy atom. The summed E-state index contributed by atoms with van der Waals surface area (Å²) in [6, 6.07) is 3.82. The Bertz CT molecular complexity index is 450. The van der Waals surface area contributed by atoms with Crippen molar-refractivity contribution in [1.82, 2.24) is 9.88 Å². The molecule has 0 bridgehead atoms. The molecule has 0 saturated carbocycles. The Morgan fingerprint density at radius 1 is 1.55 bits per heavy atom. The number of aromatic nitrogens is 1. The van der Waals surface area contributed by atoms with Crippen LogP contribution in [0.15, 0.2) is 18.3 Å². The molecule has 1 unspecified atom stereocenters. The fourth-order valence-corrected chi connectivity index (χ4v) is 2.70. The summed E-state index contributed by atoms with van der Waals surface area (Å²) in [6.07, 6.45) is 4.83. The molecule has 0 amide bonds. The maximum absolute atomic E-state index is 12.0. The first-order chi connectivity index (χ1) is 9.76. The summed E-state index contributed by atoms with van der Waals surface area (Å²) in [5.74, 6) is -0.106. The van der Waals surface area contributed by atoms with E-state index < -0.39 is 0 Å². The minimum atomic E-state index is -0.130. The van der Waals surface area contributed by atoms with E-state index in [1.54, 1.807) is 6.20 Å². The molecule has 1 atom stereocenters. The second-order valence-electron chi connectivity index (χ2n) is 5.05. The van der Waals surface area contributed by atoms with Crippen LogP contribution in [0.1, 0.15) is 37.4 Å². The van der Waals surface area contributed by atoms with Gasteiger partial charge in [-0.15, -0.1) is 0 Å². The first-order valence-corrected chi connectivity index (χ1v) is 7.29. The molecule has 110 valence electrons. The molecule has 1 aliphatic heterocycles. The van der Waals surface area contributed by atoms with Gasteiger partial charge in [-0.05, 0) is 37.9 Å². The molecule has 20 heavy (non-hydrogen) atoms. The van der Waals surface area contributed by atoms with Crippen molar-refractivity contribution in [2.45, 2.75) is 45.3 Å². The smallest absolute Gasteiger partial charge is 0.323 e. The van der Waals surface area contributed by atoms with E-state index in [1.807, 2.05) is 19.1 Å². The molecule has 0 aromatic carbocycles. The lowest BCUT2D eigenvalue weighted by atomic mass is 10.0. The molecule has 5 heteroatoms. The van der Waals surface area contributed by atoms with Crippen LogP contribution < -0.4 is 5.73 Å². The molecule has 1 aromatic heterocycles. The number of nitrogens with two attached hydrogens (primary N) is 1. The van der Waals surface area contributed by atoms with Crippen molar-refractivity contribution in [3.05, 3.63) is 29.6 Å². The number of likely N-dealkylation sites (tertiary alicyclic amines) is 1. The molecular weight excluding hydrogens is 254 g/mol. The highest BCUT2D eigenvalue weighted by atomic mass is 16.5. The standard InChI is InChI=1S/C15H23N3O2/c1-2-20-15(19)14-7-3-4-9-18(14)11-12-6-5-8-17-13(12)10-16/h5-6,8,14H,2-4,7,9-11,16H2,1H3. The van der Waals surface area contributed by atoms with E-state index in [9.17, 15) is 4.79 Å². The molecule has 2 rings (SSSR count). The van der Waals surface area contributed by atoms with E-state index in [0.29, 0.717) is 19.7 Å². The van der Waals surface area contributed by atoms with Gasteiger partial charge in [0.1, 0.15) is 6.04 Å². The summed E-state index contributed by atoms with van der Waals surface area (Å²) in [6.45, 7) is 4.34. The van der Waals surface area contributed by atoms with Gasteiger partial charge in [0.15, 0.2) is 0 Å². The number of nitrogens with zero attached hydrogens (tertiary/aromatic N) is 2. The minimum absolute atomic E-state index is 0.106. The van der Waals surface area contributed by atoms with Crippen LogP contribution in [0.4, 0.5) is 0 Å². The Balaban J connectivity index is 2.10. The number of carbonyl (C=O) groups is 1. The zero-order valence-corrected chi connectivity index (χ0v) is 12.0. The first-order valence-electron chi connectivity index (χ1n) is 7.29. The summed E-state index contributed by atoms with van der Waals surface area (Å²) < 4.78 is 5.18. The quantitative estimate of drug-likeness (QED) is 0.825. The predicted octanol–water partition coefficient (Wildman–Crippen LogP) is 1.46. The number of carbonyl (C=O) groups excluding carboxylic acids is 1. The van der Waals surface area contributed by atoms with Crippen LogP contribution in [0.2, 0.25) is 0 Å². The zero-order chi connectivity index (χ0) is 14.4. The van der Waals surface area contributed by atoms with Gasteiger partial charge in [-0.3, -0.25) is 14.7 Å². The van der Waals surface area contributed by atoms with E-state index in [2.05, 4.69) is 9.88 Å². The zero-order valence-electron chi connectivity index (χ0n) is 12.0. The van der Waals surface area contributed by atoms with Crippen LogP contribution in [-0.4, -0.2) is 35.0 Å². The number of hydrogen-bond donors (Lipinski definition) is 1. The van der Waals surface area contributed by atoms with Crippen molar-refractivity contribution < 1.29 is 9.53 Å². The van der Waals surface area contributed by atoms with Crippen LogP contribution in [-0.2, 0) is 22.6 Å². The monoisotopic (exact) mass is 277 g/mol. The Morgan fingerprint density at radius 2 is 2.40 bits per heavy atom. The van der Waals surface area contributed by atoms with Crippen molar-refractivity contribution in [2.24, 2.45) is 5.73 Å². The number of pyridine rings is 1. The van der Waals surface area contributed by atoms with Gasteiger partial charge < -0.3 is 10.5 Å². The SMILES string of the molecule is CCOC(=O)C1CCCCN1Cc1cccnc1CN. The van der Waals surface area contributed by atoms with Gasteiger partial charge in [0.2, 0.25) is 0 Å². The third kappa shape index (κ3) is 3.55. The average molecular weight is 277 g/mol. The summed E-state index contributed by atoms with van der Waals surface area (Å²) >= 11 is 0. The van der Waals surface area contributed by atoms with Gasteiger partial charge in [0.25, 0.3) is 0 Å². The van der Waals surface area contributed by atoms with Gasteiger partial charge >= 0.3 is 5.97 Å². The van der Waals surface area contributed by atoms with Crippen molar-refractivity contribution in [3.63, 3.8) is 0 Å². The lowest BCUT2D eigenvalue weighted by Gasteiger charge is -2.34. The molecule has 5 nitrogen and oxygen atoms in total. The third-order valence-corrected chi connectivity index (χ3v) is 3.72. The Labute approximate surface area is 120 Å². The van der Waals surface area contributed by atoms with Crippen molar-refractivity contribution in [1.29, 1.82) is 0 Å². The van der Waals surface area contributed by atoms with Gasteiger partial charge in [-0.2, -0.15) is 0 Å². The molecule has 0 spiro atoms. The van der Waals surface area contributed by atoms with Crippen molar-refractivity contribution >= 4 is 5.97 Å². The summed E-state index contributed by atoms with van der Waals surface area (Å²) in [7, 11) is 0. The fraction of sp³-hybridized carbons (Fsp3) is 0.600. The Kier molecular flexibility index (Phi) is 5.49. The molecule has 2 heterocycles. The van der Waals surface area contributed by atoms with E-state index in [1.165, 1.54) is 0 Å².